The number of benzene rings is 2. The average molecular weight is 293 g/mol. The Morgan fingerprint density at radius 1 is 0.818 bits per heavy atom. The third kappa shape index (κ3) is 3.56. The normalized spacial score (nSPS) is 15.7. The molecular weight excluding hydrogens is 270 g/mol. The van der Waals surface area contributed by atoms with Crippen molar-refractivity contribution in [2.45, 2.75) is 44.1 Å². The first-order valence-electron chi connectivity index (χ1n) is 8.25. The van der Waals surface area contributed by atoms with Gasteiger partial charge < -0.3 is 5.32 Å². The van der Waals surface area contributed by atoms with Crippen LogP contribution in [0, 0.1) is 0 Å². The third-order valence-electron chi connectivity index (χ3n) is 4.48. The summed E-state index contributed by atoms with van der Waals surface area (Å²) in [6.45, 7) is 0. The lowest BCUT2D eigenvalue weighted by atomic mass is 9.89. The minimum Gasteiger partial charge on any atom is -0.353 e. The molecule has 0 saturated heterocycles. The molecule has 0 bridgehead atoms. The largest absolute Gasteiger partial charge is 0.353 e. The molecule has 0 aliphatic heterocycles. The number of carbonyl (C=O) groups is 1. The summed E-state index contributed by atoms with van der Waals surface area (Å²) in [5.41, 5.74) is 2.11. The lowest BCUT2D eigenvalue weighted by molar-refractivity contribution is -0.122. The van der Waals surface area contributed by atoms with E-state index in [1.54, 1.807) is 0 Å². The second-order valence-electron chi connectivity index (χ2n) is 6.10. The quantitative estimate of drug-likeness (QED) is 0.896. The Labute approximate surface area is 132 Å². The molecule has 1 N–H and O–H groups in total. The van der Waals surface area contributed by atoms with Gasteiger partial charge in [-0.3, -0.25) is 4.79 Å². The Balaban J connectivity index is 1.83. The SMILES string of the molecule is O=C(NC1CCCCC1)C(c1ccccc1)c1ccccc1. The predicted octanol–water partition coefficient (Wildman–Crippen LogP) is 4.27. The summed E-state index contributed by atoms with van der Waals surface area (Å²) in [6, 6.07) is 20.5. The zero-order valence-electron chi connectivity index (χ0n) is 12.9. The second kappa shape index (κ2) is 7.26. The molecule has 1 saturated carbocycles. The molecule has 114 valence electrons. The molecule has 2 aromatic rings. The van der Waals surface area contributed by atoms with Crippen LogP contribution in [0.3, 0.4) is 0 Å². The molecule has 3 rings (SSSR count). The van der Waals surface area contributed by atoms with Crippen molar-refractivity contribution in [3.05, 3.63) is 71.8 Å². The number of hydrogen-bond donors (Lipinski definition) is 1. The van der Waals surface area contributed by atoms with E-state index in [1.165, 1.54) is 19.3 Å². The van der Waals surface area contributed by atoms with Gasteiger partial charge in [0.25, 0.3) is 0 Å². The topological polar surface area (TPSA) is 29.1 Å². The zero-order chi connectivity index (χ0) is 15.2. The zero-order valence-corrected chi connectivity index (χ0v) is 12.9. The monoisotopic (exact) mass is 293 g/mol. The van der Waals surface area contributed by atoms with Crippen molar-refractivity contribution >= 4 is 5.91 Å². The first-order chi connectivity index (χ1) is 10.8. The van der Waals surface area contributed by atoms with Crippen molar-refractivity contribution in [3.8, 4) is 0 Å². The Kier molecular flexibility index (Phi) is 4.89. The second-order valence-corrected chi connectivity index (χ2v) is 6.10. The molecule has 0 spiro atoms. The maximum absolute atomic E-state index is 12.9. The predicted molar refractivity (Wildman–Crippen MR) is 89.7 cm³/mol. The first kappa shape index (κ1) is 14.8. The van der Waals surface area contributed by atoms with Gasteiger partial charge in [0.1, 0.15) is 0 Å². The van der Waals surface area contributed by atoms with E-state index in [2.05, 4.69) is 5.32 Å². The minimum absolute atomic E-state index is 0.129. The van der Waals surface area contributed by atoms with Gasteiger partial charge in [-0.15, -0.1) is 0 Å². The fraction of sp³-hybridized carbons (Fsp3) is 0.350. The fourth-order valence-electron chi connectivity index (χ4n) is 3.32. The third-order valence-corrected chi connectivity index (χ3v) is 4.48. The van der Waals surface area contributed by atoms with Crippen molar-refractivity contribution in [1.29, 1.82) is 0 Å². The van der Waals surface area contributed by atoms with Crippen LogP contribution in [-0.2, 0) is 4.79 Å². The molecule has 0 radical (unpaired) electrons. The summed E-state index contributed by atoms with van der Waals surface area (Å²) in [6.07, 6.45) is 5.98. The van der Waals surface area contributed by atoms with Gasteiger partial charge in [-0.1, -0.05) is 79.9 Å². The molecule has 1 fully saturated rings. The van der Waals surface area contributed by atoms with Gasteiger partial charge in [0, 0.05) is 6.04 Å². The van der Waals surface area contributed by atoms with Gasteiger partial charge in [0.2, 0.25) is 5.91 Å². The van der Waals surface area contributed by atoms with Crippen LogP contribution >= 0.6 is 0 Å². The molecule has 0 aromatic heterocycles. The molecule has 0 heterocycles. The van der Waals surface area contributed by atoms with E-state index >= 15 is 0 Å². The highest BCUT2D eigenvalue weighted by atomic mass is 16.1. The lowest BCUT2D eigenvalue weighted by Crippen LogP contribution is -2.39. The van der Waals surface area contributed by atoms with Gasteiger partial charge in [-0.25, -0.2) is 0 Å². The van der Waals surface area contributed by atoms with Crippen LogP contribution in [0.4, 0.5) is 0 Å². The summed E-state index contributed by atoms with van der Waals surface area (Å²) < 4.78 is 0. The number of rotatable bonds is 4. The molecule has 1 aliphatic carbocycles. The molecule has 2 aromatic carbocycles. The summed E-state index contributed by atoms with van der Waals surface area (Å²) in [7, 11) is 0. The van der Waals surface area contributed by atoms with Crippen LogP contribution in [0.1, 0.15) is 49.1 Å². The molecule has 2 nitrogen and oxygen atoms in total. The van der Waals surface area contributed by atoms with E-state index in [1.807, 2.05) is 60.7 Å². The van der Waals surface area contributed by atoms with Crippen LogP contribution in [-0.4, -0.2) is 11.9 Å². The van der Waals surface area contributed by atoms with E-state index in [-0.39, 0.29) is 11.8 Å². The van der Waals surface area contributed by atoms with Gasteiger partial charge in [0.15, 0.2) is 0 Å². The van der Waals surface area contributed by atoms with Crippen LogP contribution in [0.2, 0.25) is 0 Å². The molecule has 0 unspecified atom stereocenters. The Morgan fingerprint density at radius 2 is 1.32 bits per heavy atom. The number of hydrogen-bond acceptors (Lipinski definition) is 1. The van der Waals surface area contributed by atoms with Gasteiger partial charge in [-0.05, 0) is 24.0 Å². The molecule has 1 amide bonds. The minimum atomic E-state index is -0.218. The van der Waals surface area contributed by atoms with Crippen molar-refractivity contribution < 1.29 is 4.79 Å². The van der Waals surface area contributed by atoms with Crippen molar-refractivity contribution in [2.24, 2.45) is 0 Å². The van der Waals surface area contributed by atoms with Crippen LogP contribution in [0.15, 0.2) is 60.7 Å². The maximum atomic E-state index is 12.9. The Morgan fingerprint density at radius 3 is 1.82 bits per heavy atom. The molecule has 0 atom stereocenters. The van der Waals surface area contributed by atoms with Gasteiger partial charge >= 0.3 is 0 Å². The standard InChI is InChI=1S/C20H23NO/c22-20(21-18-14-8-3-9-15-18)19(16-10-4-1-5-11-16)17-12-6-2-7-13-17/h1-2,4-7,10-13,18-19H,3,8-9,14-15H2,(H,21,22). The van der Waals surface area contributed by atoms with E-state index < -0.39 is 0 Å². The van der Waals surface area contributed by atoms with Crippen molar-refractivity contribution in [3.63, 3.8) is 0 Å². The first-order valence-corrected chi connectivity index (χ1v) is 8.25. The molecule has 2 heteroatoms. The smallest absolute Gasteiger partial charge is 0.232 e. The van der Waals surface area contributed by atoms with E-state index in [4.69, 9.17) is 0 Å². The van der Waals surface area contributed by atoms with Gasteiger partial charge in [0.05, 0.1) is 5.92 Å². The highest BCUT2D eigenvalue weighted by molar-refractivity contribution is 5.87. The van der Waals surface area contributed by atoms with E-state index in [0.717, 1.165) is 24.0 Å². The van der Waals surface area contributed by atoms with Crippen LogP contribution in [0.5, 0.6) is 0 Å². The van der Waals surface area contributed by atoms with E-state index in [9.17, 15) is 4.79 Å². The van der Waals surface area contributed by atoms with Crippen LogP contribution in [0.25, 0.3) is 0 Å². The summed E-state index contributed by atoms with van der Waals surface area (Å²) in [4.78, 5) is 12.9. The molecule has 22 heavy (non-hydrogen) atoms. The molecule has 1 aliphatic rings. The summed E-state index contributed by atoms with van der Waals surface area (Å²) in [5, 5.41) is 3.28. The Bertz CT molecular complexity index is 548. The fourth-order valence-corrected chi connectivity index (χ4v) is 3.32. The number of carbonyl (C=O) groups excluding carboxylic acids is 1. The Hall–Kier alpha value is -2.09. The maximum Gasteiger partial charge on any atom is 0.232 e. The molecular formula is C20H23NO. The summed E-state index contributed by atoms with van der Waals surface area (Å²) in [5.74, 6) is -0.0892. The summed E-state index contributed by atoms with van der Waals surface area (Å²) >= 11 is 0. The number of amides is 1. The average Bonchev–Trinajstić information content (AvgIpc) is 2.58. The van der Waals surface area contributed by atoms with Gasteiger partial charge in [-0.2, -0.15) is 0 Å². The van der Waals surface area contributed by atoms with Crippen LogP contribution < -0.4 is 5.32 Å². The lowest BCUT2D eigenvalue weighted by Gasteiger charge is -2.26. The van der Waals surface area contributed by atoms with E-state index in [0.29, 0.717) is 6.04 Å². The highest BCUT2D eigenvalue weighted by Crippen LogP contribution is 2.26. The highest BCUT2D eigenvalue weighted by Gasteiger charge is 2.25. The number of nitrogens with one attached hydrogen (secondary N) is 1. The van der Waals surface area contributed by atoms with Crippen molar-refractivity contribution in [2.75, 3.05) is 0 Å². The van der Waals surface area contributed by atoms with Crippen molar-refractivity contribution in [1.82, 2.24) is 5.32 Å².